The molecule has 0 saturated heterocycles. The minimum atomic E-state index is -1.17. The van der Waals surface area contributed by atoms with Gasteiger partial charge in [0.05, 0.1) is 21.1 Å². The molecule has 1 rings (SSSR count). The molecular formula is C14H16Cl3NO3. The Morgan fingerprint density at radius 2 is 1.71 bits per heavy atom. The molecule has 0 bridgehead atoms. The molecule has 0 aromatic heterocycles. The van der Waals surface area contributed by atoms with Crippen molar-refractivity contribution in [1.29, 1.82) is 0 Å². The quantitative estimate of drug-likeness (QED) is 0.805. The molecule has 1 unspecified atom stereocenters. The Balaban J connectivity index is 2.95. The van der Waals surface area contributed by atoms with Crippen LogP contribution < -0.4 is 5.32 Å². The van der Waals surface area contributed by atoms with Gasteiger partial charge in [0, 0.05) is 11.4 Å². The average molecular weight is 353 g/mol. The largest absolute Gasteiger partial charge is 0.481 e. The van der Waals surface area contributed by atoms with Gasteiger partial charge in [-0.05, 0) is 25.0 Å². The van der Waals surface area contributed by atoms with Crippen LogP contribution >= 0.6 is 34.8 Å². The first kappa shape index (κ1) is 18.1. The van der Waals surface area contributed by atoms with Crippen LogP contribution in [0.15, 0.2) is 12.1 Å². The lowest BCUT2D eigenvalue weighted by atomic mass is 9.76. The van der Waals surface area contributed by atoms with Crippen molar-refractivity contribution in [3.8, 4) is 0 Å². The highest BCUT2D eigenvalue weighted by Gasteiger charge is 2.39. The summed E-state index contributed by atoms with van der Waals surface area (Å²) in [5.41, 5.74) is -0.945. The summed E-state index contributed by atoms with van der Waals surface area (Å²) in [4.78, 5) is 23.5. The number of hydrogen-bond acceptors (Lipinski definition) is 2. The molecule has 4 nitrogen and oxygen atoms in total. The predicted octanol–water partition coefficient (Wildman–Crippen LogP) is 4.72. The van der Waals surface area contributed by atoms with Crippen LogP contribution in [0.2, 0.25) is 15.1 Å². The fourth-order valence-corrected chi connectivity index (χ4v) is 2.62. The molecule has 0 spiro atoms. The maximum absolute atomic E-state index is 12.1. The van der Waals surface area contributed by atoms with Gasteiger partial charge in [-0.25, -0.2) is 0 Å². The van der Waals surface area contributed by atoms with E-state index in [0.29, 0.717) is 5.02 Å². The van der Waals surface area contributed by atoms with E-state index in [4.69, 9.17) is 34.8 Å². The van der Waals surface area contributed by atoms with Crippen LogP contribution in [-0.2, 0) is 9.59 Å². The molecule has 0 aliphatic carbocycles. The monoisotopic (exact) mass is 351 g/mol. The number of hydrogen-bond donors (Lipinski definition) is 2. The van der Waals surface area contributed by atoms with Gasteiger partial charge < -0.3 is 10.4 Å². The van der Waals surface area contributed by atoms with Crippen molar-refractivity contribution < 1.29 is 14.7 Å². The van der Waals surface area contributed by atoms with Crippen LogP contribution in [0.4, 0.5) is 5.69 Å². The van der Waals surface area contributed by atoms with Crippen molar-refractivity contribution in [2.75, 3.05) is 5.32 Å². The Labute approximate surface area is 138 Å². The van der Waals surface area contributed by atoms with E-state index in [1.54, 1.807) is 13.8 Å². The number of carbonyl (C=O) groups excluding carboxylic acids is 1. The molecule has 7 heteroatoms. The van der Waals surface area contributed by atoms with Gasteiger partial charge in [0.1, 0.15) is 0 Å². The summed E-state index contributed by atoms with van der Waals surface area (Å²) in [6.07, 6.45) is -0.185. The minimum Gasteiger partial charge on any atom is -0.481 e. The Bertz CT molecular complexity index is 552. The van der Waals surface area contributed by atoms with E-state index >= 15 is 0 Å². The molecule has 0 aliphatic heterocycles. The van der Waals surface area contributed by atoms with Gasteiger partial charge in [0.15, 0.2) is 0 Å². The zero-order valence-corrected chi connectivity index (χ0v) is 14.1. The van der Waals surface area contributed by atoms with Gasteiger partial charge in [-0.1, -0.05) is 48.7 Å². The van der Waals surface area contributed by atoms with Crippen molar-refractivity contribution in [2.45, 2.75) is 27.2 Å². The van der Waals surface area contributed by atoms with Gasteiger partial charge >= 0.3 is 5.97 Å². The van der Waals surface area contributed by atoms with E-state index in [9.17, 15) is 14.7 Å². The van der Waals surface area contributed by atoms with Crippen molar-refractivity contribution in [2.24, 2.45) is 11.3 Å². The Morgan fingerprint density at radius 1 is 1.24 bits per heavy atom. The fraction of sp³-hybridized carbons (Fsp3) is 0.429. The first-order valence-corrected chi connectivity index (χ1v) is 7.39. The summed E-state index contributed by atoms with van der Waals surface area (Å²) in [6.45, 7) is 5.04. The molecule has 0 radical (unpaired) electrons. The number of aliphatic carboxylic acids is 1. The fourth-order valence-electron chi connectivity index (χ4n) is 1.71. The Hall–Kier alpha value is -0.970. The predicted molar refractivity (Wildman–Crippen MR) is 85.3 cm³/mol. The van der Waals surface area contributed by atoms with Gasteiger partial charge in [0.2, 0.25) is 5.91 Å². The minimum absolute atomic E-state index is 0.185. The van der Waals surface area contributed by atoms with Crippen LogP contribution in [-0.4, -0.2) is 17.0 Å². The summed E-state index contributed by atoms with van der Waals surface area (Å²) in [5.74, 6) is -1.71. The van der Waals surface area contributed by atoms with Crippen LogP contribution in [0.1, 0.15) is 27.2 Å². The second kappa shape index (κ2) is 6.86. The van der Waals surface area contributed by atoms with E-state index in [-0.39, 0.29) is 28.1 Å². The van der Waals surface area contributed by atoms with Crippen molar-refractivity contribution in [3.63, 3.8) is 0 Å². The molecule has 0 fully saturated rings. The normalized spacial score (nSPS) is 13.9. The number of carbonyl (C=O) groups is 2. The number of benzene rings is 1. The highest BCUT2D eigenvalue weighted by Crippen LogP contribution is 2.36. The topological polar surface area (TPSA) is 66.4 Å². The SMILES string of the molecule is CC(C)C(C)(CC(=O)Nc1c(Cl)cc(Cl)cc1Cl)C(=O)O. The first-order valence-electron chi connectivity index (χ1n) is 6.25. The number of carboxylic acids is 1. The molecular weight excluding hydrogens is 337 g/mol. The molecule has 0 saturated carbocycles. The van der Waals surface area contributed by atoms with E-state index in [1.165, 1.54) is 19.1 Å². The Morgan fingerprint density at radius 3 is 2.10 bits per heavy atom. The standard InChI is InChI=1S/C14H16Cl3NO3/c1-7(2)14(3,13(20)21)6-11(19)18-12-9(16)4-8(15)5-10(12)17/h4-5,7H,6H2,1-3H3,(H,18,19)(H,20,21). The third kappa shape index (κ3) is 4.25. The molecule has 1 amide bonds. The van der Waals surface area contributed by atoms with E-state index < -0.39 is 17.3 Å². The average Bonchev–Trinajstić information content (AvgIpc) is 2.33. The highest BCUT2D eigenvalue weighted by atomic mass is 35.5. The molecule has 0 aliphatic rings. The third-order valence-electron chi connectivity index (χ3n) is 3.56. The Kier molecular flexibility index (Phi) is 5.91. The lowest BCUT2D eigenvalue weighted by Crippen LogP contribution is -2.37. The first-order chi connectivity index (χ1) is 9.57. The van der Waals surface area contributed by atoms with Crippen LogP contribution in [0.3, 0.4) is 0 Å². The number of nitrogens with one attached hydrogen (secondary N) is 1. The van der Waals surface area contributed by atoms with E-state index in [2.05, 4.69) is 5.32 Å². The summed E-state index contributed by atoms with van der Waals surface area (Å²) in [6, 6.07) is 2.90. The molecule has 0 heterocycles. The molecule has 1 atom stereocenters. The van der Waals surface area contributed by atoms with E-state index in [1.807, 2.05) is 0 Å². The molecule has 2 N–H and O–H groups in total. The van der Waals surface area contributed by atoms with Crippen LogP contribution in [0.25, 0.3) is 0 Å². The third-order valence-corrected chi connectivity index (χ3v) is 4.38. The summed E-state index contributed by atoms with van der Waals surface area (Å²) in [5, 5.41) is 12.6. The van der Waals surface area contributed by atoms with Crippen molar-refractivity contribution in [3.05, 3.63) is 27.2 Å². The maximum atomic E-state index is 12.1. The smallest absolute Gasteiger partial charge is 0.310 e. The highest BCUT2D eigenvalue weighted by molar-refractivity contribution is 6.42. The summed E-state index contributed by atoms with van der Waals surface area (Å²) >= 11 is 17.7. The molecule has 1 aromatic rings. The van der Waals surface area contributed by atoms with E-state index in [0.717, 1.165) is 0 Å². The number of carboxylic acid groups (broad SMARTS) is 1. The lowest BCUT2D eigenvalue weighted by molar-refractivity contribution is -0.153. The second-order valence-corrected chi connectivity index (χ2v) is 6.60. The molecule has 116 valence electrons. The summed E-state index contributed by atoms with van der Waals surface area (Å²) in [7, 11) is 0. The van der Waals surface area contributed by atoms with Crippen LogP contribution in [0.5, 0.6) is 0 Å². The molecule has 21 heavy (non-hydrogen) atoms. The number of halogens is 3. The zero-order valence-electron chi connectivity index (χ0n) is 11.8. The molecule has 1 aromatic carbocycles. The van der Waals surface area contributed by atoms with Crippen LogP contribution in [0, 0.1) is 11.3 Å². The lowest BCUT2D eigenvalue weighted by Gasteiger charge is -2.28. The van der Waals surface area contributed by atoms with Crippen molar-refractivity contribution in [1.82, 2.24) is 0 Å². The summed E-state index contributed by atoms with van der Waals surface area (Å²) < 4.78 is 0. The maximum Gasteiger partial charge on any atom is 0.310 e. The zero-order chi connectivity index (χ0) is 16.4. The van der Waals surface area contributed by atoms with Gasteiger partial charge in [-0.15, -0.1) is 0 Å². The number of amides is 1. The van der Waals surface area contributed by atoms with Crippen molar-refractivity contribution >= 4 is 52.4 Å². The van der Waals surface area contributed by atoms with Gasteiger partial charge in [-0.2, -0.15) is 0 Å². The second-order valence-electron chi connectivity index (χ2n) is 5.35. The number of rotatable bonds is 5. The van der Waals surface area contributed by atoms with Gasteiger partial charge in [-0.3, -0.25) is 9.59 Å². The number of anilines is 1. The van der Waals surface area contributed by atoms with Gasteiger partial charge in [0.25, 0.3) is 0 Å².